The highest BCUT2D eigenvalue weighted by molar-refractivity contribution is 6.20. The molecule has 1 aromatic rings. The minimum Gasteiger partial charge on any atom is -0.444 e. The molecule has 3 rings (SSSR count). The van der Waals surface area contributed by atoms with Gasteiger partial charge >= 0.3 is 12.1 Å². The zero-order valence-electron chi connectivity index (χ0n) is 16.6. The van der Waals surface area contributed by atoms with Crippen LogP contribution < -0.4 is 0 Å². The van der Waals surface area contributed by atoms with E-state index in [1.54, 1.807) is 32.9 Å². The number of benzene rings is 1. The average Bonchev–Trinajstić information content (AvgIpc) is 3.03. The van der Waals surface area contributed by atoms with Gasteiger partial charge < -0.3 is 9.57 Å². The Morgan fingerprint density at radius 3 is 2.11 bits per heavy atom. The topological polar surface area (TPSA) is 93.2 Å². The Morgan fingerprint density at radius 1 is 1.07 bits per heavy atom. The van der Waals surface area contributed by atoms with E-state index in [1.807, 2.05) is 13.8 Å². The molecule has 2 heterocycles. The molecule has 0 aromatic heterocycles. The molecule has 8 nitrogen and oxygen atoms in total. The van der Waals surface area contributed by atoms with Crippen LogP contribution in [0.2, 0.25) is 0 Å². The summed E-state index contributed by atoms with van der Waals surface area (Å²) in [6, 6.07) is 5.26. The van der Waals surface area contributed by atoms with Gasteiger partial charge in [-0.1, -0.05) is 31.0 Å². The molecule has 28 heavy (non-hydrogen) atoms. The molecule has 1 atom stereocenters. The zero-order valence-corrected chi connectivity index (χ0v) is 16.6. The summed E-state index contributed by atoms with van der Waals surface area (Å²) >= 11 is 0. The number of hydroxylamine groups is 2. The predicted molar refractivity (Wildman–Crippen MR) is 98.2 cm³/mol. The number of hydrogen-bond acceptors (Lipinski definition) is 6. The second-order valence-electron chi connectivity index (χ2n) is 8.68. The smallest absolute Gasteiger partial charge is 0.411 e. The minimum atomic E-state index is -0.980. The summed E-state index contributed by atoms with van der Waals surface area (Å²) < 4.78 is 5.39. The number of imide groups is 1. The third-order valence-corrected chi connectivity index (χ3v) is 4.84. The number of likely N-dealkylation sites (tertiary alicyclic amines) is 1. The molecule has 150 valence electrons. The van der Waals surface area contributed by atoms with E-state index in [0.717, 1.165) is 0 Å². The lowest BCUT2D eigenvalue weighted by Crippen LogP contribution is -2.50. The van der Waals surface area contributed by atoms with Crippen molar-refractivity contribution in [1.82, 2.24) is 9.96 Å². The lowest BCUT2D eigenvalue weighted by atomic mass is 9.85. The van der Waals surface area contributed by atoms with Crippen molar-refractivity contribution in [3.8, 4) is 0 Å². The van der Waals surface area contributed by atoms with E-state index in [1.165, 1.54) is 17.0 Å². The lowest BCUT2D eigenvalue weighted by molar-refractivity contribution is -0.176. The SMILES string of the molecule is CC(C)(C)OC(=O)N1CCC(C)(C)C1C(=O)ON1C(=O)c2ccccc2C1=O. The van der Waals surface area contributed by atoms with Crippen molar-refractivity contribution in [1.29, 1.82) is 0 Å². The first-order chi connectivity index (χ1) is 12.9. The Bertz CT molecular complexity index is 819. The molecule has 2 aliphatic rings. The van der Waals surface area contributed by atoms with Gasteiger partial charge in [0, 0.05) is 6.54 Å². The van der Waals surface area contributed by atoms with E-state index < -0.39 is 40.9 Å². The fraction of sp³-hybridized carbons (Fsp3) is 0.500. The van der Waals surface area contributed by atoms with Crippen molar-refractivity contribution in [2.75, 3.05) is 6.54 Å². The number of rotatable bonds is 2. The van der Waals surface area contributed by atoms with Crippen molar-refractivity contribution < 1.29 is 28.8 Å². The highest BCUT2D eigenvalue weighted by Crippen LogP contribution is 2.38. The van der Waals surface area contributed by atoms with Crippen molar-refractivity contribution in [3.63, 3.8) is 0 Å². The van der Waals surface area contributed by atoms with Gasteiger partial charge in [0.2, 0.25) is 0 Å². The monoisotopic (exact) mass is 388 g/mol. The van der Waals surface area contributed by atoms with Gasteiger partial charge in [0.25, 0.3) is 11.8 Å². The van der Waals surface area contributed by atoms with Gasteiger partial charge in [0.05, 0.1) is 11.1 Å². The summed E-state index contributed by atoms with van der Waals surface area (Å²) in [6.45, 7) is 9.16. The molecule has 0 bridgehead atoms. The maximum atomic E-state index is 12.9. The van der Waals surface area contributed by atoms with Crippen molar-refractivity contribution >= 4 is 23.9 Å². The van der Waals surface area contributed by atoms with Gasteiger partial charge in [-0.05, 0) is 44.7 Å². The van der Waals surface area contributed by atoms with E-state index in [4.69, 9.17) is 9.57 Å². The van der Waals surface area contributed by atoms with Crippen LogP contribution in [-0.4, -0.2) is 52.0 Å². The third-order valence-electron chi connectivity index (χ3n) is 4.84. The summed E-state index contributed by atoms with van der Waals surface area (Å²) in [4.78, 5) is 56.9. The number of nitrogens with zero attached hydrogens (tertiary/aromatic N) is 2. The van der Waals surface area contributed by atoms with Gasteiger partial charge in [-0.25, -0.2) is 9.59 Å². The van der Waals surface area contributed by atoms with Crippen molar-refractivity contribution in [2.24, 2.45) is 5.41 Å². The number of ether oxygens (including phenoxy) is 1. The molecular formula is C20H24N2O6. The molecule has 3 amide bonds. The van der Waals surface area contributed by atoms with Gasteiger partial charge in [0.1, 0.15) is 11.6 Å². The van der Waals surface area contributed by atoms with Gasteiger partial charge in [-0.2, -0.15) is 0 Å². The van der Waals surface area contributed by atoms with Crippen LogP contribution in [-0.2, 0) is 14.4 Å². The van der Waals surface area contributed by atoms with Crippen LogP contribution in [0.5, 0.6) is 0 Å². The van der Waals surface area contributed by atoms with Gasteiger partial charge in [-0.3, -0.25) is 14.5 Å². The second kappa shape index (κ2) is 6.61. The van der Waals surface area contributed by atoms with Crippen molar-refractivity contribution in [3.05, 3.63) is 35.4 Å². The van der Waals surface area contributed by atoms with Crippen LogP contribution in [0.15, 0.2) is 24.3 Å². The maximum absolute atomic E-state index is 12.9. The maximum Gasteiger partial charge on any atom is 0.411 e. The fourth-order valence-corrected chi connectivity index (χ4v) is 3.45. The Morgan fingerprint density at radius 2 is 1.61 bits per heavy atom. The molecule has 1 fully saturated rings. The minimum absolute atomic E-state index is 0.176. The Labute approximate surface area is 163 Å². The number of fused-ring (bicyclic) bond motifs is 1. The highest BCUT2D eigenvalue weighted by Gasteiger charge is 2.51. The molecule has 0 N–H and O–H groups in total. The fourth-order valence-electron chi connectivity index (χ4n) is 3.45. The largest absolute Gasteiger partial charge is 0.444 e. The summed E-state index contributed by atoms with van der Waals surface area (Å²) in [5.41, 5.74) is -0.974. The lowest BCUT2D eigenvalue weighted by Gasteiger charge is -2.32. The summed E-state index contributed by atoms with van der Waals surface area (Å²) in [5, 5.41) is 0.467. The Balaban J connectivity index is 1.81. The molecule has 0 spiro atoms. The number of carbonyl (C=O) groups is 4. The molecule has 1 unspecified atom stereocenters. The quantitative estimate of drug-likeness (QED) is 0.723. The van der Waals surface area contributed by atoms with E-state index >= 15 is 0 Å². The summed E-state index contributed by atoms with van der Waals surface area (Å²) in [6.07, 6.45) is -0.0869. The average molecular weight is 388 g/mol. The van der Waals surface area contributed by atoms with Crippen LogP contribution in [0, 0.1) is 5.41 Å². The van der Waals surface area contributed by atoms with Crippen molar-refractivity contribution in [2.45, 2.75) is 52.7 Å². The Hall–Kier alpha value is -2.90. The van der Waals surface area contributed by atoms with Crippen LogP contribution in [0.4, 0.5) is 4.79 Å². The molecule has 1 aromatic carbocycles. The molecule has 0 radical (unpaired) electrons. The Kier molecular flexibility index (Phi) is 4.69. The predicted octanol–water partition coefficient (Wildman–Crippen LogP) is 2.78. The second-order valence-corrected chi connectivity index (χ2v) is 8.68. The van der Waals surface area contributed by atoms with Crippen LogP contribution in [0.1, 0.15) is 61.8 Å². The molecule has 0 saturated carbocycles. The molecule has 1 saturated heterocycles. The van der Waals surface area contributed by atoms with Crippen LogP contribution in [0.3, 0.4) is 0 Å². The molecule has 8 heteroatoms. The number of amides is 3. The standard InChI is InChI=1S/C20H24N2O6/c1-19(2,3)27-18(26)21-11-10-20(4,5)14(21)17(25)28-22-15(23)12-8-6-7-9-13(12)16(22)24/h6-9,14H,10-11H2,1-5H3. The van der Waals surface area contributed by atoms with Gasteiger partial charge in [-0.15, -0.1) is 0 Å². The first-order valence-corrected chi connectivity index (χ1v) is 9.11. The normalized spacial score (nSPS) is 21.0. The third kappa shape index (κ3) is 3.46. The summed E-state index contributed by atoms with van der Waals surface area (Å²) in [7, 11) is 0. The van der Waals surface area contributed by atoms with E-state index in [9.17, 15) is 19.2 Å². The van der Waals surface area contributed by atoms with E-state index in [-0.39, 0.29) is 11.1 Å². The van der Waals surface area contributed by atoms with Crippen LogP contribution in [0.25, 0.3) is 0 Å². The zero-order chi connectivity index (χ0) is 20.9. The molecule has 2 aliphatic heterocycles. The summed E-state index contributed by atoms with van der Waals surface area (Å²) in [5.74, 6) is -2.25. The van der Waals surface area contributed by atoms with E-state index in [2.05, 4.69) is 0 Å². The molecular weight excluding hydrogens is 364 g/mol. The highest BCUT2D eigenvalue weighted by atomic mass is 16.7. The van der Waals surface area contributed by atoms with Crippen LogP contribution >= 0.6 is 0 Å². The number of hydrogen-bond donors (Lipinski definition) is 0. The van der Waals surface area contributed by atoms with E-state index in [0.29, 0.717) is 18.0 Å². The first kappa shape index (κ1) is 19.9. The van der Waals surface area contributed by atoms with Gasteiger partial charge in [0.15, 0.2) is 0 Å². The molecule has 0 aliphatic carbocycles. The number of carbonyl (C=O) groups excluding carboxylic acids is 4. The first-order valence-electron chi connectivity index (χ1n) is 9.11.